The summed E-state index contributed by atoms with van der Waals surface area (Å²) >= 11 is 0. The van der Waals surface area contributed by atoms with Gasteiger partial charge in [0.1, 0.15) is 34.4 Å². The van der Waals surface area contributed by atoms with E-state index >= 15 is 0 Å². The number of sulfonamides is 1. The number of rotatable bonds is 17. The second kappa shape index (κ2) is 20.4. The standard InChI is InChI=1S/C58H67FN8O8S/c1-36(2)44-7-5-6-8-46(44)52-33-64(32-38-9-14-45(39-10-11-39)53(23-38)74-4)21-22-66(52)41-27-58(28-41)34-65(35-58)40-12-15-47(54(24-40)75-42-25-48-49(59)31-62-55(48)61-30-42)56(68)63-76(72,73)43-13-16-50(51(26-43)67(70)71)60-29-37-17-19-57(3,69)20-18-37/h5-9,12-16,23-26,30-31,36-37,39,41,52,60,69H,10-11,17-22,27-29,32-35H2,1-4H3,(H,61,62)(H,63,68)/t37?,52-,57?/m0/s1. The zero-order valence-corrected chi connectivity index (χ0v) is 44.4. The summed E-state index contributed by atoms with van der Waals surface area (Å²) in [7, 11) is -2.87. The Balaban J connectivity index is 0.792. The number of benzene rings is 4. The van der Waals surface area contributed by atoms with Crippen LogP contribution in [0.1, 0.15) is 123 Å². The summed E-state index contributed by atoms with van der Waals surface area (Å²) in [6.07, 6.45) is 9.84. The van der Waals surface area contributed by atoms with Gasteiger partial charge in [0, 0.05) is 87.3 Å². The van der Waals surface area contributed by atoms with Crippen LogP contribution < -0.4 is 24.4 Å². The SMILES string of the molecule is COc1cc(CN2CCN(C3CC4(C3)CN(c3ccc(C(=O)NS(=O)(=O)c5ccc(NCC6CCC(C)(O)CC6)c([N+](=O)[O-])c5)c(Oc5cnc6[nH]cc(F)c6c5)c3)C4)[C@H](c3ccccc3C(C)C)C2)ccc1C1CC1. The van der Waals surface area contributed by atoms with E-state index in [0.717, 1.165) is 82.5 Å². The fourth-order valence-corrected chi connectivity index (χ4v) is 13.3. The van der Waals surface area contributed by atoms with Crippen LogP contribution in [-0.2, 0) is 16.6 Å². The van der Waals surface area contributed by atoms with E-state index in [1.54, 1.807) is 26.2 Å². The summed E-state index contributed by atoms with van der Waals surface area (Å²) in [5.41, 5.74) is 5.37. The Morgan fingerprint density at radius 3 is 2.49 bits per heavy atom. The van der Waals surface area contributed by atoms with Crippen molar-refractivity contribution in [3.63, 3.8) is 0 Å². The predicted octanol–water partition coefficient (Wildman–Crippen LogP) is 10.4. The lowest BCUT2D eigenvalue weighted by Gasteiger charge is -2.63. The largest absolute Gasteiger partial charge is 0.496 e. The Hall–Kier alpha value is -6.60. The first-order valence-corrected chi connectivity index (χ1v) is 28.2. The normalized spacial score (nSPS) is 22.1. The molecule has 4 aromatic carbocycles. The van der Waals surface area contributed by atoms with Gasteiger partial charge in [0.2, 0.25) is 0 Å². The van der Waals surface area contributed by atoms with E-state index in [1.165, 1.54) is 71.8 Å². The van der Waals surface area contributed by atoms with Crippen molar-refractivity contribution in [3.8, 4) is 17.2 Å². The van der Waals surface area contributed by atoms with Crippen molar-refractivity contribution in [2.75, 3.05) is 56.6 Å². The number of anilines is 2. The average Bonchev–Trinajstić information content (AvgIpc) is 4.17. The molecule has 0 unspecified atom stereocenters. The molecule has 16 nitrogen and oxygen atoms in total. The quantitative estimate of drug-likeness (QED) is 0.0498. The first-order chi connectivity index (χ1) is 36.4. The molecule has 3 saturated carbocycles. The van der Waals surface area contributed by atoms with Crippen LogP contribution in [0, 0.1) is 27.3 Å². The monoisotopic (exact) mass is 1050 g/mol. The molecule has 0 radical (unpaired) electrons. The fraction of sp³-hybridized carbons (Fsp3) is 0.448. The number of halogens is 1. The molecule has 2 aromatic heterocycles. The molecule has 4 N–H and O–H groups in total. The lowest BCUT2D eigenvalue weighted by molar-refractivity contribution is -0.384. The Labute approximate surface area is 443 Å². The number of pyridine rings is 1. The van der Waals surface area contributed by atoms with E-state index in [1.807, 2.05) is 0 Å². The molecular weight excluding hydrogens is 988 g/mol. The van der Waals surface area contributed by atoms with Gasteiger partial charge in [-0.1, -0.05) is 50.2 Å². The van der Waals surface area contributed by atoms with Crippen molar-refractivity contribution in [2.24, 2.45) is 11.3 Å². The molecule has 2 saturated heterocycles. The number of nitrogens with zero attached hydrogens (tertiary/aromatic N) is 5. The second-order valence-corrected chi connectivity index (χ2v) is 24.4. The number of aromatic amines is 1. The van der Waals surface area contributed by atoms with Crippen LogP contribution >= 0.6 is 0 Å². The Morgan fingerprint density at radius 1 is 0.974 bits per heavy atom. The minimum Gasteiger partial charge on any atom is -0.496 e. The molecular formula is C58H67FN8O8S. The van der Waals surface area contributed by atoms with Crippen molar-refractivity contribution in [1.82, 2.24) is 24.5 Å². The van der Waals surface area contributed by atoms with Gasteiger partial charge in [0.25, 0.3) is 21.6 Å². The van der Waals surface area contributed by atoms with Gasteiger partial charge >= 0.3 is 0 Å². The number of nitro benzene ring substituents is 1. The third-order valence-corrected chi connectivity index (χ3v) is 18.1. The fourth-order valence-electron chi connectivity index (χ4n) is 12.4. The number of piperazine rings is 1. The number of aliphatic hydroxyl groups is 1. The topological polar surface area (TPSA) is 195 Å². The molecule has 1 atom stereocenters. The van der Waals surface area contributed by atoms with Gasteiger partial charge in [0.05, 0.1) is 39.7 Å². The van der Waals surface area contributed by atoms with Crippen molar-refractivity contribution >= 4 is 44.0 Å². The Kier molecular flexibility index (Phi) is 13.8. The average molecular weight is 1060 g/mol. The first kappa shape index (κ1) is 51.5. The maximum Gasteiger partial charge on any atom is 0.293 e. The number of amides is 1. The van der Waals surface area contributed by atoms with Crippen LogP contribution in [0.15, 0.2) is 102 Å². The van der Waals surface area contributed by atoms with E-state index in [2.05, 4.69) is 91.0 Å². The van der Waals surface area contributed by atoms with Gasteiger partial charge in [-0.05, 0) is 135 Å². The van der Waals surface area contributed by atoms with Gasteiger partial charge in [-0.15, -0.1) is 0 Å². The highest BCUT2D eigenvalue weighted by molar-refractivity contribution is 7.90. The van der Waals surface area contributed by atoms with E-state index in [4.69, 9.17) is 9.47 Å². The molecule has 11 rings (SSSR count). The number of hydrogen-bond acceptors (Lipinski definition) is 13. The number of ether oxygens (including phenoxy) is 2. The van der Waals surface area contributed by atoms with E-state index in [0.29, 0.717) is 42.9 Å². The first-order valence-electron chi connectivity index (χ1n) is 26.7. The predicted molar refractivity (Wildman–Crippen MR) is 289 cm³/mol. The maximum atomic E-state index is 14.7. The van der Waals surface area contributed by atoms with Crippen LogP contribution in [0.2, 0.25) is 0 Å². The number of aromatic nitrogens is 2. The number of fused-ring (bicyclic) bond motifs is 1. The third kappa shape index (κ3) is 10.6. The van der Waals surface area contributed by atoms with E-state index in [-0.39, 0.29) is 45.5 Å². The van der Waals surface area contributed by atoms with E-state index in [9.17, 15) is 32.8 Å². The molecule has 18 heteroatoms. The molecule has 5 aliphatic rings. The molecule has 400 valence electrons. The zero-order chi connectivity index (χ0) is 53.1. The molecule has 76 heavy (non-hydrogen) atoms. The minimum absolute atomic E-state index is 0.0197. The highest BCUT2D eigenvalue weighted by Gasteiger charge is 2.55. The van der Waals surface area contributed by atoms with Crippen molar-refractivity contribution < 1.29 is 37.1 Å². The van der Waals surface area contributed by atoms with E-state index < -0.39 is 42.9 Å². The van der Waals surface area contributed by atoms with Crippen molar-refractivity contribution in [2.45, 2.75) is 113 Å². The van der Waals surface area contributed by atoms with Gasteiger partial charge < -0.3 is 29.8 Å². The van der Waals surface area contributed by atoms with Crippen LogP contribution in [0.3, 0.4) is 0 Å². The lowest BCUT2D eigenvalue weighted by Crippen LogP contribution is -2.68. The molecule has 3 aliphatic carbocycles. The van der Waals surface area contributed by atoms with Crippen molar-refractivity contribution in [3.05, 3.63) is 141 Å². The lowest BCUT2D eigenvalue weighted by atomic mass is 9.59. The Morgan fingerprint density at radius 2 is 1.75 bits per heavy atom. The summed E-state index contributed by atoms with van der Waals surface area (Å²) in [6, 6.07) is 26.2. The summed E-state index contributed by atoms with van der Waals surface area (Å²) in [4.78, 5) is 39.8. The van der Waals surface area contributed by atoms with Gasteiger partial charge in [0.15, 0.2) is 0 Å². The number of carbonyl (C=O) groups is 1. The highest BCUT2D eigenvalue weighted by atomic mass is 32.2. The van der Waals surface area contributed by atoms with Gasteiger partial charge in [-0.2, -0.15) is 0 Å². The summed E-state index contributed by atoms with van der Waals surface area (Å²) in [5, 5.41) is 25.9. The van der Waals surface area contributed by atoms with Crippen molar-refractivity contribution in [1.29, 1.82) is 0 Å². The molecule has 4 heterocycles. The zero-order valence-electron chi connectivity index (χ0n) is 43.6. The number of H-pyrrole nitrogens is 1. The van der Waals surface area contributed by atoms with Crippen LogP contribution in [0.5, 0.6) is 17.2 Å². The number of nitro groups is 1. The molecule has 1 amide bonds. The molecule has 0 bridgehead atoms. The number of nitrogens with one attached hydrogen (secondary N) is 3. The molecule has 1 spiro atoms. The van der Waals surface area contributed by atoms with Crippen LogP contribution in [0.4, 0.5) is 21.5 Å². The van der Waals surface area contributed by atoms with Gasteiger partial charge in [-0.3, -0.25) is 24.7 Å². The summed E-state index contributed by atoms with van der Waals surface area (Å²) in [6.45, 7) is 12.0. The summed E-state index contributed by atoms with van der Waals surface area (Å²) < 4.78 is 56.7. The number of hydrogen-bond donors (Lipinski definition) is 4. The highest BCUT2D eigenvalue weighted by Crippen LogP contribution is 2.54. The number of carbonyl (C=O) groups excluding carboxylic acids is 1. The minimum atomic E-state index is -4.65. The van der Waals surface area contributed by atoms with Crippen LogP contribution in [0.25, 0.3) is 11.0 Å². The van der Waals surface area contributed by atoms with Crippen LogP contribution in [-0.4, -0.2) is 102 Å². The molecule has 6 aromatic rings. The van der Waals surface area contributed by atoms with Gasteiger partial charge in [-0.25, -0.2) is 22.5 Å². The molecule has 2 aliphatic heterocycles. The number of methoxy groups -OCH3 is 1. The summed E-state index contributed by atoms with van der Waals surface area (Å²) in [5.74, 6) is 0.761. The third-order valence-electron chi connectivity index (χ3n) is 16.8. The maximum absolute atomic E-state index is 14.7. The Bertz CT molecular complexity index is 3280. The molecule has 5 fully saturated rings. The smallest absolute Gasteiger partial charge is 0.293 e. The second-order valence-electron chi connectivity index (χ2n) is 22.7.